The molecule has 15 heavy (non-hydrogen) atoms. The first-order valence-electron chi connectivity index (χ1n) is 5.69. The molecule has 0 saturated heterocycles. The lowest BCUT2D eigenvalue weighted by molar-refractivity contribution is -0.129. The maximum atomic E-state index is 11.6. The van der Waals surface area contributed by atoms with Crippen molar-refractivity contribution >= 4 is 5.91 Å². The van der Waals surface area contributed by atoms with Gasteiger partial charge in [0, 0.05) is 6.54 Å². The predicted octanol–water partition coefficient (Wildman–Crippen LogP) is 0.391. The van der Waals surface area contributed by atoms with Crippen LogP contribution in [0.2, 0.25) is 0 Å². The first kappa shape index (κ1) is 12.5. The van der Waals surface area contributed by atoms with Crippen molar-refractivity contribution in [1.29, 1.82) is 0 Å². The summed E-state index contributed by atoms with van der Waals surface area (Å²) in [5.74, 6) is 0.323. The highest BCUT2D eigenvalue weighted by Gasteiger charge is 2.39. The van der Waals surface area contributed by atoms with Crippen LogP contribution in [0.25, 0.3) is 0 Å². The first-order valence-corrected chi connectivity index (χ1v) is 5.69. The van der Waals surface area contributed by atoms with Gasteiger partial charge in [-0.2, -0.15) is 0 Å². The molecule has 0 aromatic rings. The van der Waals surface area contributed by atoms with Gasteiger partial charge in [0.15, 0.2) is 0 Å². The fourth-order valence-corrected chi connectivity index (χ4v) is 1.80. The molecule has 1 rings (SSSR count). The molecular weight excluding hydrogens is 192 g/mol. The largest absolute Gasteiger partial charge is 0.391 e. The summed E-state index contributed by atoms with van der Waals surface area (Å²) >= 11 is 0. The van der Waals surface area contributed by atoms with E-state index in [0.717, 1.165) is 19.3 Å². The molecule has 0 radical (unpaired) electrons. The van der Waals surface area contributed by atoms with Crippen molar-refractivity contribution in [3.63, 3.8) is 0 Å². The molecule has 0 spiro atoms. The second kappa shape index (κ2) is 4.94. The number of nitrogens with two attached hydrogens (primary N) is 1. The number of hydrogen-bond donors (Lipinski definition) is 3. The summed E-state index contributed by atoms with van der Waals surface area (Å²) < 4.78 is 0. The van der Waals surface area contributed by atoms with Gasteiger partial charge in [-0.15, -0.1) is 0 Å². The molecule has 1 atom stereocenters. The molecule has 1 amide bonds. The van der Waals surface area contributed by atoms with Crippen LogP contribution in [-0.4, -0.2) is 29.2 Å². The summed E-state index contributed by atoms with van der Waals surface area (Å²) in [6, 6.07) is 0. The number of aliphatic hydroxyl groups is 1. The highest BCUT2D eigenvalue weighted by Crippen LogP contribution is 2.28. The quantitative estimate of drug-likeness (QED) is 0.619. The molecule has 4 N–H and O–H groups in total. The van der Waals surface area contributed by atoms with E-state index in [0.29, 0.717) is 18.9 Å². The molecule has 0 aromatic heterocycles. The van der Waals surface area contributed by atoms with Crippen molar-refractivity contribution in [2.45, 2.75) is 51.2 Å². The smallest absolute Gasteiger partial charge is 0.240 e. The fraction of sp³-hybridized carbons (Fsp3) is 0.909. The van der Waals surface area contributed by atoms with Gasteiger partial charge in [-0.3, -0.25) is 4.79 Å². The van der Waals surface area contributed by atoms with Crippen LogP contribution in [0.1, 0.15) is 39.5 Å². The molecule has 1 saturated carbocycles. The Bertz CT molecular complexity index is 225. The second-order valence-electron chi connectivity index (χ2n) is 5.00. The number of aliphatic hydroxyl groups excluding tert-OH is 1. The lowest BCUT2D eigenvalue weighted by atomic mass is 9.77. The zero-order valence-electron chi connectivity index (χ0n) is 9.62. The topological polar surface area (TPSA) is 75.3 Å². The third-order valence-electron chi connectivity index (χ3n) is 2.94. The van der Waals surface area contributed by atoms with Crippen LogP contribution in [0, 0.1) is 5.92 Å². The van der Waals surface area contributed by atoms with Crippen LogP contribution >= 0.6 is 0 Å². The molecule has 0 bridgehead atoms. The van der Waals surface area contributed by atoms with E-state index in [1.165, 1.54) is 0 Å². The highest BCUT2D eigenvalue weighted by molar-refractivity contribution is 5.86. The Morgan fingerprint density at radius 3 is 2.53 bits per heavy atom. The number of carbonyl (C=O) groups is 1. The molecule has 1 aliphatic rings. The summed E-state index contributed by atoms with van der Waals surface area (Å²) in [5.41, 5.74) is 5.18. The molecule has 1 unspecified atom stereocenters. The molecule has 0 heterocycles. The third-order valence-corrected chi connectivity index (χ3v) is 2.94. The number of hydrogen-bond acceptors (Lipinski definition) is 3. The van der Waals surface area contributed by atoms with Gasteiger partial charge in [-0.1, -0.05) is 13.8 Å². The molecule has 0 aliphatic heterocycles. The monoisotopic (exact) mass is 214 g/mol. The van der Waals surface area contributed by atoms with Crippen molar-refractivity contribution in [1.82, 2.24) is 5.32 Å². The Morgan fingerprint density at radius 1 is 1.53 bits per heavy atom. The van der Waals surface area contributed by atoms with Gasteiger partial charge < -0.3 is 16.2 Å². The van der Waals surface area contributed by atoms with Gasteiger partial charge in [-0.05, 0) is 31.6 Å². The zero-order valence-corrected chi connectivity index (χ0v) is 9.62. The van der Waals surface area contributed by atoms with Crippen LogP contribution in [-0.2, 0) is 4.79 Å². The minimum absolute atomic E-state index is 0.114. The highest BCUT2D eigenvalue weighted by atomic mass is 16.3. The van der Waals surface area contributed by atoms with E-state index in [4.69, 9.17) is 5.73 Å². The standard InChI is InChI=1S/C11H22N2O2/c1-8(2)6-9(14)7-13-10(15)11(12)4-3-5-11/h8-9,14H,3-7,12H2,1-2H3,(H,13,15). The molecule has 1 fully saturated rings. The van der Waals surface area contributed by atoms with Crippen LogP contribution < -0.4 is 11.1 Å². The van der Waals surface area contributed by atoms with Crippen molar-refractivity contribution in [2.75, 3.05) is 6.54 Å². The Labute approximate surface area is 91.2 Å². The average molecular weight is 214 g/mol. The van der Waals surface area contributed by atoms with E-state index >= 15 is 0 Å². The molecular formula is C11H22N2O2. The van der Waals surface area contributed by atoms with E-state index in [-0.39, 0.29) is 5.91 Å². The van der Waals surface area contributed by atoms with E-state index < -0.39 is 11.6 Å². The van der Waals surface area contributed by atoms with Gasteiger partial charge in [0.2, 0.25) is 5.91 Å². The molecule has 0 aromatic carbocycles. The van der Waals surface area contributed by atoms with Crippen molar-refractivity contribution in [2.24, 2.45) is 11.7 Å². The average Bonchev–Trinajstić information content (AvgIpc) is 2.09. The van der Waals surface area contributed by atoms with E-state index in [1.54, 1.807) is 0 Å². The van der Waals surface area contributed by atoms with Crippen molar-refractivity contribution in [3.05, 3.63) is 0 Å². The van der Waals surface area contributed by atoms with E-state index in [2.05, 4.69) is 5.32 Å². The SMILES string of the molecule is CC(C)CC(O)CNC(=O)C1(N)CCC1. The summed E-state index contributed by atoms with van der Waals surface area (Å²) in [6.45, 7) is 4.40. The maximum absolute atomic E-state index is 11.6. The predicted molar refractivity (Wildman–Crippen MR) is 59.2 cm³/mol. The third kappa shape index (κ3) is 3.47. The number of amides is 1. The lowest BCUT2D eigenvalue weighted by Crippen LogP contribution is -2.59. The minimum Gasteiger partial charge on any atom is -0.391 e. The Hall–Kier alpha value is -0.610. The fourth-order valence-electron chi connectivity index (χ4n) is 1.80. The number of rotatable bonds is 5. The maximum Gasteiger partial charge on any atom is 0.240 e. The summed E-state index contributed by atoms with van der Waals surface area (Å²) in [6.07, 6.45) is 2.80. The van der Waals surface area contributed by atoms with Crippen LogP contribution in [0.4, 0.5) is 0 Å². The Kier molecular flexibility index (Phi) is 4.11. The van der Waals surface area contributed by atoms with Gasteiger partial charge in [0.25, 0.3) is 0 Å². The van der Waals surface area contributed by atoms with Crippen molar-refractivity contribution in [3.8, 4) is 0 Å². The van der Waals surface area contributed by atoms with E-state index in [1.807, 2.05) is 13.8 Å². The van der Waals surface area contributed by atoms with E-state index in [9.17, 15) is 9.90 Å². The van der Waals surface area contributed by atoms with Crippen LogP contribution in [0.15, 0.2) is 0 Å². The Morgan fingerprint density at radius 2 is 2.13 bits per heavy atom. The van der Waals surface area contributed by atoms with Gasteiger partial charge in [-0.25, -0.2) is 0 Å². The summed E-state index contributed by atoms with van der Waals surface area (Å²) in [4.78, 5) is 11.6. The molecule has 88 valence electrons. The molecule has 1 aliphatic carbocycles. The van der Waals surface area contributed by atoms with Crippen LogP contribution in [0.3, 0.4) is 0 Å². The second-order valence-corrected chi connectivity index (χ2v) is 5.00. The summed E-state index contributed by atoms with van der Waals surface area (Å²) in [5, 5.41) is 12.3. The Balaban J connectivity index is 2.22. The number of nitrogens with one attached hydrogen (secondary N) is 1. The molecule has 4 nitrogen and oxygen atoms in total. The van der Waals surface area contributed by atoms with Gasteiger partial charge in [0.1, 0.15) is 0 Å². The van der Waals surface area contributed by atoms with Crippen molar-refractivity contribution < 1.29 is 9.90 Å². The summed E-state index contributed by atoms with van der Waals surface area (Å²) in [7, 11) is 0. The zero-order chi connectivity index (χ0) is 11.5. The number of carbonyl (C=O) groups excluding carboxylic acids is 1. The lowest BCUT2D eigenvalue weighted by Gasteiger charge is -2.36. The molecule has 4 heteroatoms. The minimum atomic E-state index is -0.655. The first-order chi connectivity index (χ1) is 6.94. The van der Waals surface area contributed by atoms with Crippen LogP contribution in [0.5, 0.6) is 0 Å². The van der Waals surface area contributed by atoms with Gasteiger partial charge >= 0.3 is 0 Å². The van der Waals surface area contributed by atoms with Gasteiger partial charge in [0.05, 0.1) is 11.6 Å². The normalized spacial score (nSPS) is 20.9.